The number of aromatic nitrogens is 1. The van der Waals surface area contributed by atoms with Gasteiger partial charge in [0.25, 0.3) is 0 Å². The van der Waals surface area contributed by atoms with Crippen molar-refractivity contribution in [2.45, 2.75) is 13.8 Å². The summed E-state index contributed by atoms with van der Waals surface area (Å²) in [6.07, 6.45) is 5.45. The second-order valence-electron chi connectivity index (χ2n) is 4.25. The first-order valence-corrected chi connectivity index (χ1v) is 5.46. The van der Waals surface area contributed by atoms with E-state index in [0.717, 1.165) is 16.5 Å². The smallest absolute Gasteiger partial charge is 0.185 e. The molecule has 1 heterocycles. The Labute approximate surface area is 95.0 Å². The van der Waals surface area contributed by atoms with Crippen LogP contribution in [0.15, 0.2) is 42.6 Å². The maximum Gasteiger partial charge on any atom is 0.185 e. The minimum Gasteiger partial charge on any atom is -0.361 e. The molecule has 0 amide bonds. The number of hydrogen-bond acceptors (Lipinski definition) is 1. The first-order valence-electron chi connectivity index (χ1n) is 5.46. The van der Waals surface area contributed by atoms with Crippen molar-refractivity contribution in [3.8, 4) is 0 Å². The number of hydrogen-bond donors (Lipinski definition) is 1. The molecule has 0 aliphatic rings. The molecule has 0 unspecified atom stereocenters. The van der Waals surface area contributed by atoms with Crippen LogP contribution >= 0.6 is 0 Å². The van der Waals surface area contributed by atoms with Crippen molar-refractivity contribution in [3.63, 3.8) is 0 Å². The molecule has 1 aromatic carbocycles. The van der Waals surface area contributed by atoms with Gasteiger partial charge < -0.3 is 4.98 Å². The van der Waals surface area contributed by atoms with Crippen LogP contribution in [0.1, 0.15) is 24.2 Å². The predicted molar refractivity (Wildman–Crippen MR) is 66.6 cm³/mol. The molecular formula is C14H15NO. The van der Waals surface area contributed by atoms with Gasteiger partial charge in [-0.1, -0.05) is 19.9 Å². The van der Waals surface area contributed by atoms with Crippen molar-refractivity contribution >= 4 is 16.7 Å². The Balaban J connectivity index is 2.29. The van der Waals surface area contributed by atoms with Gasteiger partial charge in [-0.05, 0) is 36.3 Å². The van der Waals surface area contributed by atoms with Crippen LogP contribution in [0.3, 0.4) is 0 Å². The lowest BCUT2D eigenvalue weighted by molar-refractivity contribution is 0.104. The fourth-order valence-corrected chi connectivity index (χ4v) is 1.58. The van der Waals surface area contributed by atoms with Crippen LogP contribution in [0.5, 0.6) is 0 Å². The Morgan fingerprint density at radius 3 is 2.88 bits per heavy atom. The number of allylic oxidation sites excluding steroid dienone is 2. The summed E-state index contributed by atoms with van der Waals surface area (Å²) in [5.74, 6) is 0.469. The molecule has 0 saturated heterocycles. The fourth-order valence-electron chi connectivity index (χ4n) is 1.58. The number of rotatable bonds is 3. The van der Waals surface area contributed by atoms with Crippen LogP contribution < -0.4 is 0 Å². The lowest BCUT2D eigenvalue weighted by Gasteiger charge is -1.97. The van der Waals surface area contributed by atoms with Gasteiger partial charge in [0, 0.05) is 22.7 Å². The summed E-state index contributed by atoms with van der Waals surface area (Å²) in [5.41, 5.74) is 1.80. The summed E-state index contributed by atoms with van der Waals surface area (Å²) >= 11 is 0. The van der Waals surface area contributed by atoms with Crippen molar-refractivity contribution in [1.82, 2.24) is 4.98 Å². The Morgan fingerprint density at radius 1 is 1.31 bits per heavy atom. The average molecular weight is 213 g/mol. The van der Waals surface area contributed by atoms with E-state index in [2.05, 4.69) is 18.8 Å². The molecule has 1 aromatic heterocycles. The highest BCUT2D eigenvalue weighted by molar-refractivity contribution is 6.06. The van der Waals surface area contributed by atoms with Gasteiger partial charge in [0.1, 0.15) is 0 Å². The van der Waals surface area contributed by atoms with E-state index in [0.29, 0.717) is 5.92 Å². The lowest BCUT2D eigenvalue weighted by Crippen LogP contribution is -1.94. The number of aromatic amines is 1. The SMILES string of the molecule is CC(C)/C=C/C(=O)c1ccc2[nH]ccc2c1. The van der Waals surface area contributed by atoms with Crippen LogP contribution in [-0.4, -0.2) is 10.8 Å². The summed E-state index contributed by atoms with van der Waals surface area (Å²) in [7, 11) is 0. The minimum absolute atomic E-state index is 0.0665. The highest BCUT2D eigenvalue weighted by atomic mass is 16.1. The number of H-pyrrole nitrogens is 1. The monoisotopic (exact) mass is 213 g/mol. The molecule has 2 heteroatoms. The van der Waals surface area contributed by atoms with Crippen LogP contribution in [0.4, 0.5) is 0 Å². The van der Waals surface area contributed by atoms with Crippen LogP contribution in [0.25, 0.3) is 10.9 Å². The number of carbonyl (C=O) groups excluding carboxylic acids is 1. The van der Waals surface area contributed by atoms with E-state index in [-0.39, 0.29) is 5.78 Å². The van der Waals surface area contributed by atoms with Gasteiger partial charge in [0.15, 0.2) is 5.78 Å². The molecule has 16 heavy (non-hydrogen) atoms. The van der Waals surface area contributed by atoms with Gasteiger partial charge in [-0.3, -0.25) is 4.79 Å². The molecule has 1 N–H and O–H groups in total. The van der Waals surface area contributed by atoms with E-state index in [1.54, 1.807) is 6.08 Å². The third kappa shape index (κ3) is 2.22. The maximum atomic E-state index is 11.8. The van der Waals surface area contributed by atoms with E-state index in [1.807, 2.05) is 36.5 Å². The molecule has 0 bridgehead atoms. The number of fused-ring (bicyclic) bond motifs is 1. The lowest BCUT2D eigenvalue weighted by atomic mass is 10.1. The van der Waals surface area contributed by atoms with Gasteiger partial charge >= 0.3 is 0 Å². The molecular weight excluding hydrogens is 198 g/mol. The third-order valence-corrected chi connectivity index (χ3v) is 2.47. The zero-order valence-electron chi connectivity index (χ0n) is 9.53. The van der Waals surface area contributed by atoms with Crippen molar-refractivity contribution in [2.24, 2.45) is 5.92 Å². The molecule has 82 valence electrons. The first kappa shape index (κ1) is 10.7. The average Bonchev–Trinajstić information content (AvgIpc) is 2.72. The molecule has 0 aliphatic carbocycles. The van der Waals surface area contributed by atoms with Crippen molar-refractivity contribution in [3.05, 3.63) is 48.2 Å². The van der Waals surface area contributed by atoms with Gasteiger partial charge in [0.05, 0.1) is 0 Å². The molecule has 0 saturated carbocycles. The quantitative estimate of drug-likeness (QED) is 0.613. The van der Waals surface area contributed by atoms with Crippen molar-refractivity contribution in [1.29, 1.82) is 0 Å². The zero-order chi connectivity index (χ0) is 11.5. The Bertz CT molecular complexity index is 534. The molecule has 0 radical (unpaired) electrons. The van der Waals surface area contributed by atoms with Crippen molar-refractivity contribution < 1.29 is 4.79 Å². The number of benzene rings is 1. The molecule has 0 aliphatic heterocycles. The Kier molecular flexibility index (Phi) is 2.91. The highest BCUT2D eigenvalue weighted by Crippen LogP contribution is 2.15. The topological polar surface area (TPSA) is 32.9 Å². The summed E-state index contributed by atoms with van der Waals surface area (Å²) in [4.78, 5) is 14.9. The Morgan fingerprint density at radius 2 is 2.12 bits per heavy atom. The molecule has 2 nitrogen and oxygen atoms in total. The predicted octanol–water partition coefficient (Wildman–Crippen LogP) is 3.56. The first-order chi connectivity index (χ1) is 7.66. The van der Waals surface area contributed by atoms with Gasteiger partial charge in [-0.25, -0.2) is 0 Å². The minimum atomic E-state index is 0.0665. The molecule has 2 rings (SSSR count). The Hall–Kier alpha value is -1.83. The largest absolute Gasteiger partial charge is 0.361 e. The number of nitrogens with one attached hydrogen (secondary N) is 1. The van der Waals surface area contributed by atoms with Gasteiger partial charge in [-0.15, -0.1) is 0 Å². The van der Waals surface area contributed by atoms with Crippen molar-refractivity contribution in [2.75, 3.05) is 0 Å². The summed E-state index contributed by atoms with van der Waals surface area (Å²) in [6, 6.07) is 7.68. The second kappa shape index (κ2) is 4.35. The van der Waals surface area contributed by atoms with E-state index in [9.17, 15) is 4.79 Å². The van der Waals surface area contributed by atoms with Gasteiger partial charge in [-0.2, -0.15) is 0 Å². The van der Waals surface area contributed by atoms with Crippen LogP contribution in [0.2, 0.25) is 0 Å². The normalized spacial score (nSPS) is 11.7. The van der Waals surface area contributed by atoms with E-state index >= 15 is 0 Å². The van der Waals surface area contributed by atoms with Crippen LogP contribution in [0, 0.1) is 5.92 Å². The van der Waals surface area contributed by atoms with E-state index in [4.69, 9.17) is 0 Å². The molecule has 2 aromatic rings. The highest BCUT2D eigenvalue weighted by Gasteiger charge is 2.03. The zero-order valence-corrected chi connectivity index (χ0v) is 9.53. The fraction of sp³-hybridized carbons (Fsp3) is 0.214. The maximum absolute atomic E-state index is 11.8. The summed E-state index contributed by atoms with van der Waals surface area (Å²) in [6.45, 7) is 4.11. The summed E-state index contributed by atoms with van der Waals surface area (Å²) in [5, 5.41) is 1.07. The molecule has 0 spiro atoms. The van der Waals surface area contributed by atoms with E-state index in [1.165, 1.54) is 0 Å². The molecule has 0 atom stereocenters. The molecule has 0 fully saturated rings. The number of carbonyl (C=O) groups is 1. The summed E-state index contributed by atoms with van der Waals surface area (Å²) < 4.78 is 0. The number of ketones is 1. The van der Waals surface area contributed by atoms with E-state index < -0.39 is 0 Å². The van der Waals surface area contributed by atoms with Crippen LogP contribution in [-0.2, 0) is 0 Å². The standard InChI is InChI=1S/C14H15NO/c1-10(2)3-6-14(16)12-4-5-13-11(9-12)7-8-15-13/h3-10,15H,1-2H3/b6-3+. The van der Waals surface area contributed by atoms with Gasteiger partial charge in [0.2, 0.25) is 0 Å². The third-order valence-electron chi connectivity index (χ3n) is 2.47. The second-order valence-corrected chi connectivity index (χ2v) is 4.25.